The van der Waals surface area contributed by atoms with Crippen molar-refractivity contribution in [1.82, 2.24) is 9.97 Å². The first-order valence-corrected chi connectivity index (χ1v) is 6.68. The maximum absolute atomic E-state index is 5.72. The zero-order valence-electron chi connectivity index (χ0n) is 9.63. The third kappa shape index (κ3) is 5.12. The molecule has 0 aliphatic heterocycles. The van der Waals surface area contributed by atoms with Crippen LogP contribution in [0.5, 0.6) is 0 Å². The van der Waals surface area contributed by atoms with Gasteiger partial charge >= 0.3 is 0 Å². The van der Waals surface area contributed by atoms with Crippen molar-refractivity contribution >= 4 is 33.3 Å². The van der Waals surface area contributed by atoms with E-state index in [4.69, 9.17) is 11.6 Å². The molecule has 90 valence electrons. The first-order chi connectivity index (χ1) is 7.59. The second kappa shape index (κ2) is 7.07. The van der Waals surface area contributed by atoms with Crippen LogP contribution in [-0.4, -0.2) is 16.5 Å². The van der Waals surface area contributed by atoms with Crippen LogP contribution < -0.4 is 5.32 Å². The molecule has 0 fully saturated rings. The maximum Gasteiger partial charge on any atom is 0.224 e. The molecule has 1 rings (SSSR count). The van der Waals surface area contributed by atoms with Gasteiger partial charge in [0.15, 0.2) is 0 Å². The lowest BCUT2D eigenvalue weighted by Gasteiger charge is -2.08. The molecule has 0 aliphatic rings. The first-order valence-electron chi connectivity index (χ1n) is 5.51. The highest BCUT2D eigenvalue weighted by Gasteiger charge is 2.02. The average Bonchev–Trinajstić information content (AvgIpc) is 2.22. The van der Waals surface area contributed by atoms with Gasteiger partial charge in [-0.1, -0.05) is 26.7 Å². The number of hydrogen-bond acceptors (Lipinski definition) is 3. The summed E-state index contributed by atoms with van der Waals surface area (Å²) in [5.74, 6) is 1.55. The summed E-state index contributed by atoms with van der Waals surface area (Å²) < 4.78 is 0.848. The summed E-state index contributed by atoms with van der Waals surface area (Å²) in [6.07, 6.45) is 5.31. The standard InChI is InChI=1S/C11H17BrClN3/c1-8(2)5-3-4-6-14-10-9(12)7-15-11(13)16-10/h7-8H,3-6H2,1-2H3,(H,14,15,16). The molecule has 1 heterocycles. The van der Waals surface area contributed by atoms with Crippen molar-refractivity contribution in [2.45, 2.75) is 33.1 Å². The molecule has 0 spiro atoms. The Kier molecular flexibility index (Phi) is 6.06. The van der Waals surface area contributed by atoms with Crippen LogP contribution in [0.3, 0.4) is 0 Å². The van der Waals surface area contributed by atoms with Gasteiger partial charge in [0.2, 0.25) is 5.28 Å². The van der Waals surface area contributed by atoms with Crippen molar-refractivity contribution in [3.05, 3.63) is 16.0 Å². The minimum absolute atomic E-state index is 0.271. The van der Waals surface area contributed by atoms with E-state index in [9.17, 15) is 0 Å². The SMILES string of the molecule is CC(C)CCCCNc1nc(Cl)ncc1Br. The van der Waals surface area contributed by atoms with Gasteiger partial charge in [-0.15, -0.1) is 0 Å². The summed E-state index contributed by atoms with van der Waals surface area (Å²) in [6.45, 7) is 5.40. The normalized spacial score (nSPS) is 10.8. The van der Waals surface area contributed by atoms with Crippen molar-refractivity contribution in [2.75, 3.05) is 11.9 Å². The molecular weight excluding hydrogens is 289 g/mol. The predicted octanol–water partition coefficient (Wildman–Crippen LogP) is 4.13. The van der Waals surface area contributed by atoms with Gasteiger partial charge in [-0.25, -0.2) is 4.98 Å². The maximum atomic E-state index is 5.72. The van der Waals surface area contributed by atoms with Crippen LogP contribution in [0, 0.1) is 5.92 Å². The summed E-state index contributed by atoms with van der Waals surface area (Å²) in [5.41, 5.74) is 0. The molecule has 0 radical (unpaired) electrons. The third-order valence-corrected chi connectivity index (χ3v) is 2.98. The van der Waals surface area contributed by atoms with Crippen molar-refractivity contribution in [3.63, 3.8) is 0 Å². The van der Waals surface area contributed by atoms with E-state index < -0.39 is 0 Å². The molecular formula is C11H17BrClN3. The molecule has 0 aliphatic carbocycles. The molecule has 1 aromatic heterocycles. The van der Waals surface area contributed by atoms with Gasteiger partial charge in [0.1, 0.15) is 5.82 Å². The molecule has 3 nitrogen and oxygen atoms in total. The van der Waals surface area contributed by atoms with Gasteiger partial charge in [-0.05, 0) is 39.9 Å². The molecule has 1 aromatic rings. The van der Waals surface area contributed by atoms with E-state index in [0.29, 0.717) is 0 Å². The van der Waals surface area contributed by atoms with Crippen LogP contribution in [0.1, 0.15) is 33.1 Å². The zero-order valence-corrected chi connectivity index (χ0v) is 12.0. The van der Waals surface area contributed by atoms with E-state index in [1.807, 2.05) is 0 Å². The lowest BCUT2D eigenvalue weighted by atomic mass is 10.1. The summed E-state index contributed by atoms with van der Waals surface area (Å²) in [6, 6.07) is 0. The zero-order chi connectivity index (χ0) is 12.0. The van der Waals surface area contributed by atoms with Gasteiger partial charge < -0.3 is 5.32 Å². The van der Waals surface area contributed by atoms with Crippen molar-refractivity contribution in [1.29, 1.82) is 0 Å². The Bertz CT molecular complexity index is 331. The van der Waals surface area contributed by atoms with E-state index in [1.165, 1.54) is 12.8 Å². The number of hydrogen-bond donors (Lipinski definition) is 1. The number of aromatic nitrogens is 2. The number of rotatable bonds is 6. The third-order valence-electron chi connectivity index (χ3n) is 2.22. The van der Waals surface area contributed by atoms with Crippen molar-refractivity contribution in [2.24, 2.45) is 5.92 Å². The second-order valence-corrected chi connectivity index (χ2v) is 5.34. The summed E-state index contributed by atoms with van der Waals surface area (Å²) >= 11 is 9.09. The Morgan fingerprint density at radius 2 is 2.19 bits per heavy atom. The fourth-order valence-corrected chi connectivity index (χ4v) is 1.82. The summed E-state index contributed by atoms with van der Waals surface area (Å²) in [7, 11) is 0. The molecule has 5 heteroatoms. The van der Waals surface area contributed by atoms with Crippen LogP contribution in [0.15, 0.2) is 10.7 Å². The Morgan fingerprint density at radius 1 is 1.44 bits per heavy atom. The Labute approximate surface area is 110 Å². The molecule has 0 atom stereocenters. The van der Waals surface area contributed by atoms with E-state index in [-0.39, 0.29) is 5.28 Å². The fraction of sp³-hybridized carbons (Fsp3) is 0.636. The monoisotopic (exact) mass is 305 g/mol. The lowest BCUT2D eigenvalue weighted by molar-refractivity contribution is 0.544. The summed E-state index contributed by atoms with van der Waals surface area (Å²) in [4.78, 5) is 7.98. The minimum Gasteiger partial charge on any atom is -0.369 e. The molecule has 0 aromatic carbocycles. The van der Waals surface area contributed by atoms with Crippen molar-refractivity contribution in [3.8, 4) is 0 Å². The number of nitrogens with zero attached hydrogens (tertiary/aromatic N) is 2. The fourth-order valence-electron chi connectivity index (χ4n) is 1.35. The van der Waals surface area contributed by atoms with Gasteiger partial charge in [0, 0.05) is 12.7 Å². The van der Waals surface area contributed by atoms with Gasteiger partial charge in [-0.2, -0.15) is 4.98 Å². The van der Waals surface area contributed by atoms with Gasteiger partial charge in [-0.3, -0.25) is 0 Å². The van der Waals surface area contributed by atoms with Crippen LogP contribution in [0.4, 0.5) is 5.82 Å². The largest absolute Gasteiger partial charge is 0.369 e. The highest BCUT2D eigenvalue weighted by molar-refractivity contribution is 9.10. The van der Waals surface area contributed by atoms with E-state index in [0.717, 1.165) is 29.2 Å². The van der Waals surface area contributed by atoms with E-state index >= 15 is 0 Å². The van der Waals surface area contributed by atoms with E-state index in [1.54, 1.807) is 6.20 Å². The first kappa shape index (κ1) is 13.7. The molecule has 0 amide bonds. The van der Waals surface area contributed by atoms with Gasteiger partial charge in [0.05, 0.1) is 4.47 Å². The molecule has 1 N–H and O–H groups in total. The molecule has 0 unspecified atom stereocenters. The van der Waals surface area contributed by atoms with E-state index in [2.05, 4.69) is 45.1 Å². The number of unbranched alkanes of at least 4 members (excludes halogenated alkanes) is 1. The Morgan fingerprint density at radius 3 is 2.88 bits per heavy atom. The molecule has 0 saturated heterocycles. The second-order valence-electron chi connectivity index (χ2n) is 4.15. The number of anilines is 1. The van der Waals surface area contributed by atoms with Crippen LogP contribution in [0.2, 0.25) is 5.28 Å². The van der Waals surface area contributed by atoms with Crippen LogP contribution in [0.25, 0.3) is 0 Å². The Balaban J connectivity index is 2.29. The topological polar surface area (TPSA) is 37.8 Å². The van der Waals surface area contributed by atoms with Crippen molar-refractivity contribution < 1.29 is 0 Å². The van der Waals surface area contributed by atoms with Gasteiger partial charge in [0.25, 0.3) is 0 Å². The minimum atomic E-state index is 0.271. The molecule has 16 heavy (non-hydrogen) atoms. The number of halogens is 2. The highest BCUT2D eigenvalue weighted by atomic mass is 79.9. The highest BCUT2D eigenvalue weighted by Crippen LogP contribution is 2.20. The van der Waals surface area contributed by atoms with Crippen LogP contribution >= 0.6 is 27.5 Å². The smallest absolute Gasteiger partial charge is 0.224 e. The molecule has 0 bridgehead atoms. The predicted molar refractivity (Wildman–Crippen MR) is 71.9 cm³/mol. The van der Waals surface area contributed by atoms with Crippen LogP contribution in [-0.2, 0) is 0 Å². The Hall–Kier alpha value is -0.350. The quantitative estimate of drug-likeness (QED) is 0.634. The molecule has 0 saturated carbocycles. The summed E-state index contributed by atoms with van der Waals surface area (Å²) in [5, 5.41) is 3.52. The average molecular weight is 307 g/mol. The number of nitrogens with one attached hydrogen (secondary N) is 1. The lowest BCUT2D eigenvalue weighted by Crippen LogP contribution is -2.05.